The molecule has 3 aromatic carbocycles. The van der Waals surface area contributed by atoms with Crippen LogP contribution < -0.4 is 0 Å². The van der Waals surface area contributed by atoms with Crippen molar-refractivity contribution in [3.63, 3.8) is 0 Å². The lowest BCUT2D eigenvalue weighted by molar-refractivity contribution is 0.0948. The number of allylic oxidation sites excluding steroid dienone is 2. The summed E-state index contributed by atoms with van der Waals surface area (Å²) in [5.74, 6) is -0.0811. The van der Waals surface area contributed by atoms with Crippen LogP contribution in [0.4, 0.5) is 0 Å². The largest absolute Gasteiger partial charge is 0.271 e. The molecule has 0 aliphatic carbocycles. The minimum absolute atomic E-state index is 0.0811. The summed E-state index contributed by atoms with van der Waals surface area (Å²) < 4.78 is 1.60. The summed E-state index contributed by atoms with van der Waals surface area (Å²) in [6.07, 6.45) is 3.10. The van der Waals surface area contributed by atoms with Crippen molar-refractivity contribution in [1.82, 2.24) is 9.78 Å². The Morgan fingerprint density at radius 2 is 1.47 bits per heavy atom. The zero-order valence-electron chi connectivity index (χ0n) is 16.9. The number of fused-ring (bicyclic) bond motifs is 1. The maximum absolute atomic E-state index is 13.0. The van der Waals surface area contributed by atoms with Gasteiger partial charge in [0.25, 0.3) is 5.91 Å². The van der Waals surface area contributed by atoms with Crippen LogP contribution >= 0.6 is 0 Å². The van der Waals surface area contributed by atoms with E-state index >= 15 is 0 Å². The Morgan fingerprint density at radius 1 is 0.833 bits per heavy atom. The Labute approximate surface area is 176 Å². The average Bonchev–Trinajstić information content (AvgIpc) is 3.15. The monoisotopic (exact) mass is 390 g/mol. The van der Waals surface area contributed by atoms with Crippen molar-refractivity contribution in [3.8, 4) is 11.1 Å². The van der Waals surface area contributed by atoms with E-state index in [0.29, 0.717) is 12.8 Å². The summed E-state index contributed by atoms with van der Waals surface area (Å²) in [7, 11) is 0. The molecule has 3 nitrogen and oxygen atoms in total. The van der Waals surface area contributed by atoms with E-state index in [9.17, 15) is 4.79 Å². The predicted molar refractivity (Wildman–Crippen MR) is 120 cm³/mol. The first-order chi connectivity index (χ1) is 14.7. The van der Waals surface area contributed by atoms with Gasteiger partial charge in [-0.1, -0.05) is 90.5 Å². The third-order valence-corrected chi connectivity index (χ3v) is 5.62. The molecule has 30 heavy (non-hydrogen) atoms. The van der Waals surface area contributed by atoms with Gasteiger partial charge in [-0.2, -0.15) is 9.78 Å². The molecule has 0 bridgehead atoms. The van der Waals surface area contributed by atoms with Gasteiger partial charge in [0.1, 0.15) is 0 Å². The molecule has 1 aliphatic heterocycles. The molecule has 1 aromatic heterocycles. The summed E-state index contributed by atoms with van der Waals surface area (Å²) in [5, 5.41) is 4.78. The highest BCUT2D eigenvalue weighted by Crippen LogP contribution is 2.35. The molecule has 0 unspecified atom stereocenters. The van der Waals surface area contributed by atoms with Crippen molar-refractivity contribution in [3.05, 3.63) is 119 Å². The minimum atomic E-state index is -0.0811. The zero-order chi connectivity index (χ0) is 20.5. The standard InChI is InChI=1S/C27H22N2O/c1-19-12-14-20(15-13-19)16-24-27(22-10-6-3-7-11-22)25-17-23(18-26(30)29(25)28-24)21-8-4-2-5-9-21/h2-15,18H,16-17H2,1H3. The summed E-state index contributed by atoms with van der Waals surface area (Å²) >= 11 is 0. The van der Waals surface area contributed by atoms with Gasteiger partial charge in [0, 0.05) is 24.5 Å². The van der Waals surface area contributed by atoms with Crippen molar-refractivity contribution in [2.75, 3.05) is 0 Å². The Balaban J connectivity index is 1.62. The predicted octanol–water partition coefficient (Wildman–Crippen LogP) is 5.73. The molecule has 1 aliphatic rings. The number of carbonyl (C=O) groups is 1. The smallest absolute Gasteiger partial charge is 0.267 e. The number of rotatable bonds is 4. The molecule has 0 fully saturated rings. The van der Waals surface area contributed by atoms with Gasteiger partial charge >= 0.3 is 0 Å². The molecule has 2 heterocycles. The lowest BCUT2D eigenvalue weighted by Gasteiger charge is -2.16. The first-order valence-electron chi connectivity index (χ1n) is 10.2. The molecule has 0 saturated heterocycles. The van der Waals surface area contributed by atoms with Crippen LogP contribution in [-0.2, 0) is 12.8 Å². The molecular formula is C27H22N2O. The van der Waals surface area contributed by atoms with E-state index in [-0.39, 0.29) is 5.91 Å². The molecule has 3 heteroatoms. The SMILES string of the molecule is Cc1ccc(Cc2nn3c(c2-c2ccccc2)CC(c2ccccc2)=CC3=O)cc1. The van der Waals surface area contributed by atoms with Gasteiger partial charge in [0.05, 0.1) is 11.4 Å². The fourth-order valence-corrected chi connectivity index (χ4v) is 4.09. The molecule has 0 saturated carbocycles. The second-order valence-corrected chi connectivity index (χ2v) is 7.76. The van der Waals surface area contributed by atoms with Gasteiger partial charge in [0.15, 0.2) is 0 Å². The third kappa shape index (κ3) is 3.39. The molecule has 0 spiro atoms. The normalized spacial score (nSPS) is 13.1. The van der Waals surface area contributed by atoms with Crippen LogP contribution in [0, 0.1) is 6.92 Å². The topological polar surface area (TPSA) is 34.9 Å². The van der Waals surface area contributed by atoms with E-state index in [1.54, 1.807) is 10.8 Å². The number of aromatic nitrogens is 2. The van der Waals surface area contributed by atoms with Crippen molar-refractivity contribution >= 4 is 11.5 Å². The summed E-state index contributed by atoms with van der Waals surface area (Å²) in [5.41, 5.74) is 8.62. The van der Waals surface area contributed by atoms with Gasteiger partial charge in [-0.3, -0.25) is 4.79 Å². The number of carbonyl (C=O) groups excluding carboxylic acids is 1. The van der Waals surface area contributed by atoms with Crippen LogP contribution in [0.25, 0.3) is 16.7 Å². The number of aryl methyl sites for hydroxylation is 1. The Hall–Kier alpha value is -3.72. The van der Waals surface area contributed by atoms with Crippen molar-refractivity contribution in [1.29, 1.82) is 0 Å². The summed E-state index contributed by atoms with van der Waals surface area (Å²) in [6, 6.07) is 28.9. The highest BCUT2D eigenvalue weighted by Gasteiger charge is 2.27. The molecule has 146 valence electrons. The number of hydrogen-bond acceptors (Lipinski definition) is 2. The van der Waals surface area contributed by atoms with Crippen molar-refractivity contribution in [2.45, 2.75) is 19.8 Å². The second kappa shape index (κ2) is 7.60. The Bertz CT molecular complexity index is 1230. The van der Waals surface area contributed by atoms with Gasteiger partial charge in [-0.25, -0.2) is 0 Å². The van der Waals surface area contributed by atoms with E-state index in [2.05, 4.69) is 55.5 Å². The van der Waals surface area contributed by atoms with Crippen LogP contribution in [0.3, 0.4) is 0 Å². The first-order valence-corrected chi connectivity index (χ1v) is 10.2. The van der Waals surface area contributed by atoms with E-state index < -0.39 is 0 Å². The highest BCUT2D eigenvalue weighted by atomic mass is 16.2. The maximum Gasteiger partial charge on any atom is 0.271 e. The minimum Gasteiger partial charge on any atom is -0.267 e. The van der Waals surface area contributed by atoms with Crippen LogP contribution in [0.2, 0.25) is 0 Å². The molecule has 0 N–H and O–H groups in total. The fourth-order valence-electron chi connectivity index (χ4n) is 4.09. The fraction of sp³-hybridized carbons (Fsp3) is 0.111. The van der Waals surface area contributed by atoms with Gasteiger partial charge in [-0.15, -0.1) is 0 Å². The van der Waals surface area contributed by atoms with Crippen molar-refractivity contribution < 1.29 is 4.79 Å². The molecule has 0 amide bonds. The maximum atomic E-state index is 13.0. The van der Waals surface area contributed by atoms with Crippen molar-refractivity contribution in [2.24, 2.45) is 0 Å². The quantitative estimate of drug-likeness (QED) is 0.446. The van der Waals surface area contributed by atoms with Gasteiger partial charge in [-0.05, 0) is 29.2 Å². The Kier molecular flexibility index (Phi) is 4.64. The number of hydrogen-bond donors (Lipinski definition) is 0. The van der Waals surface area contributed by atoms with Gasteiger partial charge in [0.2, 0.25) is 0 Å². The molecule has 0 radical (unpaired) electrons. The first kappa shape index (κ1) is 18.3. The number of nitrogens with zero attached hydrogens (tertiary/aromatic N) is 2. The van der Waals surface area contributed by atoms with Crippen LogP contribution in [-0.4, -0.2) is 15.7 Å². The van der Waals surface area contributed by atoms with Crippen LogP contribution in [0.1, 0.15) is 32.9 Å². The number of benzene rings is 3. The average molecular weight is 390 g/mol. The lowest BCUT2D eigenvalue weighted by atomic mass is 9.92. The van der Waals surface area contributed by atoms with E-state index in [4.69, 9.17) is 5.10 Å². The zero-order valence-corrected chi connectivity index (χ0v) is 16.9. The molecule has 4 aromatic rings. The summed E-state index contributed by atoms with van der Waals surface area (Å²) in [6.45, 7) is 2.09. The third-order valence-electron chi connectivity index (χ3n) is 5.62. The summed E-state index contributed by atoms with van der Waals surface area (Å²) in [4.78, 5) is 13.0. The molecule has 5 rings (SSSR count). The van der Waals surface area contributed by atoms with Crippen LogP contribution in [0.15, 0.2) is 91.0 Å². The molecular weight excluding hydrogens is 368 g/mol. The van der Waals surface area contributed by atoms with E-state index in [1.807, 2.05) is 36.4 Å². The second-order valence-electron chi connectivity index (χ2n) is 7.76. The van der Waals surface area contributed by atoms with E-state index in [1.165, 1.54) is 11.1 Å². The highest BCUT2D eigenvalue weighted by molar-refractivity contribution is 6.00. The van der Waals surface area contributed by atoms with E-state index in [0.717, 1.165) is 33.7 Å². The van der Waals surface area contributed by atoms with Gasteiger partial charge < -0.3 is 0 Å². The molecule has 0 atom stereocenters. The Morgan fingerprint density at radius 3 is 2.13 bits per heavy atom. The lowest BCUT2D eigenvalue weighted by Crippen LogP contribution is -2.19. The van der Waals surface area contributed by atoms with Crippen LogP contribution in [0.5, 0.6) is 0 Å².